The van der Waals surface area contributed by atoms with Gasteiger partial charge in [0.2, 0.25) is 0 Å². The minimum atomic E-state index is 0.294. The van der Waals surface area contributed by atoms with Gasteiger partial charge in [0.1, 0.15) is 0 Å². The lowest BCUT2D eigenvalue weighted by molar-refractivity contribution is 0.442. The molecule has 1 unspecified atom stereocenters. The summed E-state index contributed by atoms with van der Waals surface area (Å²) in [6, 6.07) is 0.294. The lowest BCUT2D eigenvalue weighted by Crippen LogP contribution is -2.34. The molecule has 0 aromatic heterocycles. The van der Waals surface area contributed by atoms with E-state index in [0.717, 1.165) is 18.8 Å². The topological polar surface area (TPSA) is 38.0 Å². The maximum Gasteiger partial charge on any atom is 0.0319 e. The summed E-state index contributed by atoms with van der Waals surface area (Å²) in [7, 11) is 0. The zero-order valence-corrected chi connectivity index (χ0v) is 7.43. The molecule has 0 aliphatic carbocycles. The van der Waals surface area contributed by atoms with E-state index in [1.807, 2.05) is 0 Å². The Bertz CT molecular complexity index is 124. The summed E-state index contributed by atoms with van der Waals surface area (Å²) in [5.41, 5.74) is 2.72. The Hall–Kier alpha value is -0.520. The van der Waals surface area contributed by atoms with Crippen molar-refractivity contribution in [1.29, 1.82) is 0 Å². The van der Waals surface area contributed by atoms with E-state index >= 15 is 0 Å². The number of hydrazine groups is 1. The Morgan fingerprint density at radius 1 is 1.45 bits per heavy atom. The molecule has 2 nitrogen and oxygen atoms in total. The molecule has 0 amide bonds. The molecule has 0 bridgehead atoms. The van der Waals surface area contributed by atoms with Crippen LogP contribution < -0.4 is 11.3 Å². The second kappa shape index (κ2) is 6.21. The first-order chi connectivity index (χ1) is 5.20. The molecule has 2 heteroatoms. The molecule has 0 saturated carbocycles. The standard InChI is InChI=1S/C9H18N2/c1-4-5-9(11-10)7-6-8(2)3/h1,8-9,11H,5-7,10H2,2-3H3. The molecule has 64 valence electrons. The third-order valence-electron chi connectivity index (χ3n) is 1.69. The largest absolute Gasteiger partial charge is 0.271 e. The molecular weight excluding hydrogens is 136 g/mol. The lowest BCUT2D eigenvalue weighted by atomic mass is 10.0. The Labute approximate surface area is 69.5 Å². The Morgan fingerprint density at radius 3 is 2.45 bits per heavy atom. The van der Waals surface area contributed by atoms with E-state index in [1.54, 1.807) is 0 Å². The van der Waals surface area contributed by atoms with E-state index in [4.69, 9.17) is 12.3 Å². The SMILES string of the molecule is C#CCC(CCC(C)C)NN. The van der Waals surface area contributed by atoms with Gasteiger partial charge in [-0.1, -0.05) is 13.8 Å². The van der Waals surface area contributed by atoms with Crippen molar-refractivity contribution < 1.29 is 0 Å². The van der Waals surface area contributed by atoms with Crippen molar-refractivity contribution in [3.63, 3.8) is 0 Å². The van der Waals surface area contributed by atoms with Crippen LogP contribution in [0.5, 0.6) is 0 Å². The van der Waals surface area contributed by atoms with E-state index in [2.05, 4.69) is 25.2 Å². The predicted octanol–water partition coefficient (Wildman–Crippen LogP) is 1.28. The van der Waals surface area contributed by atoms with Crippen LogP contribution in [0.15, 0.2) is 0 Å². The van der Waals surface area contributed by atoms with Gasteiger partial charge >= 0.3 is 0 Å². The quantitative estimate of drug-likeness (QED) is 0.355. The van der Waals surface area contributed by atoms with Crippen LogP contribution in [0.4, 0.5) is 0 Å². The van der Waals surface area contributed by atoms with Crippen molar-refractivity contribution in [3.8, 4) is 12.3 Å². The monoisotopic (exact) mass is 154 g/mol. The fourth-order valence-electron chi connectivity index (χ4n) is 0.921. The molecule has 0 rings (SSSR count). The molecule has 0 aromatic rings. The van der Waals surface area contributed by atoms with Crippen LogP contribution in [0.25, 0.3) is 0 Å². The molecule has 1 atom stereocenters. The number of rotatable bonds is 5. The highest BCUT2D eigenvalue weighted by molar-refractivity contribution is 4.88. The minimum absolute atomic E-state index is 0.294. The van der Waals surface area contributed by atoms with Crippen LogP contribution in [0.1, 0.15) is 33.1 Å². The average Bonchev–Trinajstić information content (AvgIpc) is 1.97. The second-order valence-corrected chi connectivity index (χ2v) is 3.24. The van der Waals surface area contributed by atoms with Crippen molar-refractivity contribution in [2.45, 2.75) is 39.2 Å². The van der Waals surface area contributed by atoms with Crippen LogP contribution in [0.2, 0.25) is 0 Å². The van der Waals surface area contributed by atoms with Crippen molar-refractivity contribution in [3.05, 3.63) is 0 Å². The summed E-state index contributed by atoms with van der Waals surface area (Å²) in [4.78, 5) is 0. The van der Waals surface area contributed by atoms with Crippen molar-refractivity contribution in [2.24, 2.45) is 11.8 Å². The number of hydrogen-bond acceptors (Lipinski definition) is 2. The summed E-state index contributed by atoms with van der Waals surface area (Å²) in [5, 5.41) is 0. The zero-order chi connectivity index (χ0) is 8.69. The Kier molecular flexibility index (Phi) is 5.91. The molecule has 0 aromatic carbocycles. The lowest BCUT2D eigenvalue weighted by Gasteiger charge is -2.13. The molecule has 3 N–H and O–H groups in total. The van der Waals surface area contributed by atoms with Crippen LogP contribution >= 0.6 is 0 Å². The molecule has 0 heterocycles. The number of nitrogens with two attached hydrogens (primary N) is 1. The average molecular weight is 154 g/mol. The van der Waals surface area contributed by atoms with Gasteiger partial charge in [-0.25, -0.2) is 0 Å². The van der Waals surface area contributed by atoms with Crippen LogP contribution in [0, 0.1) is 18.3 Å². The summed E-state index contributed by atoms with van der Waals surface area (Å²) >= 11 is 0. The summed E-state index contributed by atoms with van der Waals surface area (Å²) < 4.78 is 0. The van der Waals surface area contributed by atoms with Gasteiger partial charge in [0, 0.05) is 12.5 Å². The van der Waals surface area contributed by atoms with Gasteiger partial charge in [-0.2, -0.15) is 0 Å². The number of nitrogens with one attached hydrogen (secondary N) is 1. The van der Waals surface area contributed by atoms with Gasteiger partial charge in [-0.15, -0.1) is 12.3 Å². The van der Waals surface area contributed by atoms with E-state index in [1.165, 1.54) is 6.42 Å². The van der Waals surface area contributed by atoms with Crippen molar-refractivity contribution >= 4 is 0 Å². The highest BCUT2D eigenvalue weighted by atomic mass is 15.2. The first-order valence-corrected chi connectivity index (χ1v) is 4.10. The van der Waals surface area contributed by atoms with E-state index < -0.39 is 0 Å². The summed E-state index contributed by atoms with van der Waals surface area (Å²) in [6.45, 7) is 4.40. The van der Waals surface area contributed by atoms with Crippen LogP contribution in [-0.4, -0.2) is 6.04 Å². The van der Waals surface area contributed by atoms with Gasteiger partial charge in [0.25, 0.3) is 0 Å². The highest BCUT2D eigenvalue weighted by Crippen LogP contribution is 2.07. The van der Waals surface area contributed by atoms with E-state index in [9.17, 15) is 0 Å². The van der Waals surface area contributed by atoms with Gasteiger partial charge in [-0.05, 0) is 18.8 Å². The first-order valence-electron chi connectivity index (χ1n) is 4.10. The second-order valence-electron chi connectivity index (χ2n) is 3.24. The van der Waals surface area contributed by atoms with Gasteiger partial charge in [-0.3, -0.25) is 11.3 Å². The zero-order valence-electron chi connectivity index (χ0n) is 7.43. The van der Waals surface area contributed by atoms with Gasteiger partial charge < -0.3 is 0 Å². The molecule has 0 saturated heterocycles. The Balaban J connectivity index is 3.45. The first kappa shape index (κ1) is 10.5. The van der Waals surface area contributed by atoms with Crippen molar-refractivity contribution in [2.75, 3.05) is 0 Å². The highest BCUT2D eigenvalue weighted by Gasteiger charge is 2.04. The smallest absolute Gasteiger partial charge is 0.0319 e. The number of hydrogen-bond donors (Lipinski definition) is 2. The van der Waals surface area contributed by atoms with E-state index in [0.29, 0.717) is 6.04 Å². The van der Waals surface area contributed by atoms with Crippen molar-refractivity contribution in [1.82, 2.24) is 5.43 Å². The van der Waals surface area contributed by atoms with Crippen LogP contribution in [-0.2, 0) is 0 Å². The minimum Gasteiger partial charge on any atom is -0.271 e. The Morgan fingerprint density at radius 2 is 2.09 bits per heavy atom. The summed E-state index contributed by atoms with van der Waals surface area (Å²) in [6.07, 6.45) is 8.14. The third-order valence-corrected chi connectivity index (χ3v) is 1.69. The van der Waals surface area contributed by atoms with Crippen LogP contribution in [0.3, 0.4) is 0 Å². The molecule has 0 spiro atoms. The fraction of sp³-hybridized carbons (Fsp3) is 0.778. The molecule has 0 aliphatic heterocycles. The predicted molar refractivity (Wildman–Crippen MR) is 48.6 cm³/mol. The van der Waals surface area contributed by atoms with Gasteiger partial charge in [0.15, 0.2) is 0 Å². The molecule has 0 aliphatic rings. The maximum absolute atomic E-state index is 5.30. The molecule has 0 fully saturated rings. The molecule has 11 heavy (non-hydrogen) atoms. The summed E-state index contributed by atoms with van der Waals surface area (Å²) in [5.74, 6) is 8.63. The third kappa shape index (κ3) is 5.90. The normalized spacial score (nSPS) is 13.0. The molecular formula is C9H18N2. The number of terminal acetylenes is 1. The van der Waals surface area contributed by atoms with Gasteiger partial charge in [0.05, 0.1) is 0 Å². The molecule has 0 radical (unpaired) electrons. The fourth-order valence-corrected chi connectivity index (χ4v) is 0.921. The maximum atomic E-state index is 5.30. The van der Waals surface area contributed by atoms with E-state index in [-0.39, 0.29) is 0 Å².